The minimum Gasteiger partial charge on any atom is -0.420 e. The Bertz CT molecular complexity index is 1050. The predicted octanol–water partition coefficient (Wildman–Crippen LogP) is 5.96. The summed E-state index contributed by atoms with van der Waals surface area (Å²) >= 11 is 0. The monoisotopic (exact) mass is 611 g/mol. The average molecular weight is 612 g/mol. The average Bonchev–Trinajstić information content (AvgIpc) is 2.93. The van der Waals surface area contributed by atoms with Gasteiger partial charge in [-0.2, -0.15) is 8.78 Å². The molecule has 1 rings (SSSR count). The summed E-state index contributed by atoms with van der Waals surface area (Å²) in [4.78, 5) is 14.4. The van der Waals surface area contributed by atoms with Crippen LogP contribution in [0.25, 0.3) is 10.4 Å². The Kier molecular flexibility index (Phi) is 16.5. The summed E-state index contributed by atoms with van der Waals surface area (Å²) in [6, 6.07) is 0. The van der Waals surface area contributed by atoms with Crippen molar-refractivity contribution < 1.29 is 55.2 Å². The first-order chi connectivity index (χ1) is 19.7. The molecular formula is C27H38F5N3O7. The van der Waals surface area contributed by atoms with E-state index < -0.39 is 58.4 Å². The highest BCUT2D eigenvalue weighted by Gasteiger charge is 2.28. The molecule has 0 N–H and O–H groups in total. The SMILES string of the molecule is C=C(CCOCCOCCC(=O)Oc1c(F)c(F)c(F)c(F)c1F)C(C)(C)OCCC(C)(C)OCCOCCN=[N+]=[N-]. The number of benzene rings is 1. The number of hydrogen-bond acceptors (Lipinski definition) is 8. The van der Waals surface area contributed by atoms with Crippen LogP contribution in [0.4, 0.5) is 22.0 Å². The summed E-state index contributed by atoms with van der Waals surface area (Å²) in [5, 5.41) is 3.38. The Morgan fingerprint density at radius 2 is 1.29 bits per heavy atom. The fraction of sp³-hybridized carbons (Fsp3) is 0.667. The smallest absolute Gasteiger partial charge is 0.313 e. The molecule has 1 aromatic rings. The number of carbonyl (C=O) groups excluding carboxylic acids is 1. The van der Waals surface area contributed by atoms with Crippen molar-refractivity contribution in [1.29, 1.82) is 0 Å². The molecule has 0 aliphatic rings. The molecule has 0 saturated carbocycles. The van der Waals surface area contributed by atoms with Crippen LogP contribution in [0.5, 0.6) is 5.75 Å². The number of hydrogen-bond donors (Lipinski definition) is 0. The molecule has 0 aliphatic heterocycles. The molecule has 0 saturated heterocycles. The van der Waals surface area contributed by atoms with Crippen molar-refractivity contribution in [1.82, 2.24) is 0 Å². The van der Waals surface area contributed by atoms with Crippen molar-refractivity contribution in [3.8, 4) is 5.75 Å². The second-order valence-electron chi connectivity index (χ2n) is 9.99. The molecule has 10 nitrogen and oxygen atoms in total. The fourth-order valence-electron chi connectivity index (χ4n) is 3.17. The lowest BCUT2D eigenvalue weighted by atomic mass is 9.96. The Morgan fingerprint density at radius 1 is 0.762 bits per heavy atom. The lowest BCUT2D eigenvalue weighted by Crippen LogP contribution is -2.33. The number of nitrogens with zero attached hydrogens (tertiary/aromatic N) is 3. The molecule has 0 unspecified atom stereocenters. The van der Waals surface area contributed by atoms with Gasteiger partial charge in [-0.25, -0.2) is 13.2 Å². The van der Waals surface area contributed by atoms with Crippen molar-refractivity contribution in [3.63, 3.8) is 0 Å². The molecule has 15 heteroatoms. The van der Waals surface area contributed by atoms with Crippen LogP contribution in [0, 0.1) is 29.1 Å². The highest BCUT2D eigenvalue weighted by atomic mass is 19.2. The third-order valence-electron chi connectivity index (χ3n) is 5.89. The van der Waals surface area contributed by atoms with Crippen molar-refractivity contribution in [3.05, 3.63) is 51.7 Å². The van der Waals surface area contributed by atoms with E-state index in [1.165, 1.54) is 0 Å². The van der Waals surface area contributed by atoms with Gasteiger partial charge in [-0.3, -0.25) is 4.79 Å². The molecule has 0 fully saturated rings. The molecule has 42 heavy (non-hydrogen) atoms. The largest absolute Gasteiger partial charge is 0.420 e. The van der Waals surface area contributed by atoms with Crippen LogP contribution in [-0.2, 0) is 28.5 Å². The van der Waals surface area contributed by atoms with Crippen LogP contribution in [0.3, 0.4) is 0 Å². The van der Waals surface area contributed by atoms with Crippen molar-refractivity contribution in [2.24, 2.45) is 5.11 Å². The van der Waals surface area contributed by atoms with E-state index in [0.717, 1.165) is 5.57 Å². The molecule has 0 radical (unpaired) electrons. The van der Waals surface area contributed by atoms with E-state index in [9.17, 15) is 26.7 Å². The number of halogens is 5. The molecule has 0 spiro atoms. The Morgan fingerprint density at radius 3 is 1.88 bits per heavy atom. The van der Waals surface area contributed by atoms with Crippen LogP contribution in [0.1, 0.15) is 47.0 Å². The van der Waals surface area contributed by atoms with Gasteiger partial charge in [0.15, 0.2) is 0 Å². The number of azide groups is 1. The van der Waals surface area contributed by atoms with E-state index >= 15 is 0 Å². The zero-order valence-corrected chi connectivity index (χ0v) is 24.3. The van der Waals surface area contributed by atoms with Crippen molar-refractivity contribution in [2.75, 3.05) is 59.4 Å². The molecule has 0 atom stereocenters. The van der Waals surface area contributed by atoms with Gasteiger partial charge in [-0.05, 0) is 51.6 Å². The van der Waals surface area contributed by atoms with Gasteiger partial charge in [0.25, 0.3) is 0 Å². The van der Waals surface area contributed by atoms with Crippen LogP contribution < -0.4 is 4.74 Å². The van der Waals surface area contributed by atoms with E-state index in [1.807, 2.05) is 27.7 Å². The maximum Gasteiger partial charge on any atom is 0.313 e. The fourth-order valence-corrected chi connectivity index (χ4v) is 3.17. The standard InChI is InChI=1S/C27H38F5N3O7/c1-18(27(4,5)41-12-8-26(2,3)40-17-16-39-13-9-34-35-33)6-10-37-14-15-38-11-7-19(36)42-25-23(31)21(29)20(28)22(30)24(25)32/h1,6-17H2,2-5H3. The molecular weight excluding hydrogens is 573 g/mol. The van der Waals surface area contributed by atoms with Gasteiger partial charge in [0, 0.05) is 11.5 Å². The normalized spacial score (nSPS) is 11.8. The minimum absolute atomic E-state index is 0.0795. The molecule has 0 amide bonds. The lowest BCUT2D eigenvalue weighted by Gasteiger charge is -2.31. The zero-order chi connectivity index (χ0) is 31.8. The van der Waals surface area contributed by atoms with Crippen molar-refractivity contribution in [2.45, 2.75) is 58.2 Å². The van der Waals surface area contributed by atoms with Gasteiger partial charge < -0.3 is 28.4 Å². The Hall–Kier alpha value is -2.81. The highest BCUT2D eigenvalue weighted by Crippen LogP contribution is 2.29. The van der Waals surface area contributed by atoms with Crippen LogP contribution in [-0.4, -0.2) is 76.6 Å². The maximum absolute atomic E-state index is 13.6. The van der Waals surface area contributed by atoms with E-state index in [-0.39, 0.29) is 26.4 Å². The maximum atomic E-state index is 13.6. The van der Waals surface area contributed by atoms with E-state index in [2.05, 4.69) is 21.3 Å². The van der Waals surface area contributed by atoms with Gasteiger partial charge in [-0.15, -0.1) is 0 Å². The van der Waals surface area contributed by atoms with Crippen LogP contribution >= 0.6 is 0 Å². The first-order valence-corrected chi connectivity index (χ1v) is 13.2. The summed E-state index contributed by atoms with van der Waals surface area (Å²) in [6.45, 7) is 13.9. The Labute approximate surface area is 241 Å². The van der Waals surface area contributed by atoms with Crippen molar-refractivity contribution >= 4 is 5.97 Å². The molecule has 0 bridgehead atoms. The second-order valence-corrected chi connectivity index (χ2v) is 9.99. The van der Waals surface area contributed by atoms with E-state index in [1.54, 1.807) is 0 Å². The van der Waals surface area contributed by atoms with Gasteiger partial charge >= 0.3 is 5.97 Å². The zero-order valence-electron chi connectivity index (χ0n) is 24.3. The lowest BCUT2D eigenvalue weighted by molar-refractivity contribution is -0.136. The van der Waals surface area contributed by atoms with Gasteiger partial charge in [0.05, 0.1) is 70.5 Å². The molecule has 1 aromatic carbocycles. The number of esters is 1. The highest BCUT2D eigenvalue weighted by molar-refractivity contribution is 5.72. The first-order valence-electron chi connectivity index (χ1n) is 13.2. The third-order valence-corrected chi connectivity index (χ3v) is 5.89. The predicted molar refractivity (Wildman–Crippen MR) is 141 cm³/mol. The quantitative estimate of drug-likeness (QED) is 0.0151. The minimum atomic E-state index is -2.35. The summed E-state index contributed by atoms with van der Waals surface area (Å²) in [7, 11) is 0. The number of ether oxygens (including phenoxy) is 6. The van der Waals surface area contributed by atoms with E-state index in [0.29, 0.717) is 45.9 Å². The van der Waals surface area contributed by atoms with Gasteiger partial charge in [0.1, 0.15) is 0 Å². The van der Waals surface area contributed by atoms with Gasteiger partial charge in [0.2, 0.25) is 34.8 Å². The van der Waals surface area contributed by atoms with Gasteiger partial charge in [-0.1, -0.05) is 11.7 Å². The van der Waals surface area contributed by atoms with E-state index in [4.69, 9.17) is 29.2 Å². The third kappa shape index (κ3) is 13.4. The second kappa shape index (κ2) is 18.7. The van der Waals surface area contributed by atoms with Crippen LogP contribution in [0.2, 0.25) is 0 Å². The molecule has 0 aromatic heterocycles. The van der Waals surface area contributed by atoms with Crippen LogP contribution in [0.15, 0.2) is 17.3 Å². The number of carbonyl (C=O) groups is 1. The number of rotatable bonds is 22. The summed E-state index contributed by atoms with van der Waals surface area (Å²) in [5.74, 6) is -14.1. The Balaban J connectivity index is 2.20. The topological polar surface area (TPSA) is 121 Å². The summed E-state index contributed by atoms with van der Waals surface area (Å²) in [6.07, 6.45) is 0.649. The first kappa shape index (κ1) is 37.2. The summed E-state index contributed by atoms with van der Waals surface area (Å²) in [5.41, 5.74) is 7.98. The molecule has 0 aliphatic carbocycles. The summed E-state index contributed by atoms with van der Waals surface area (Å²) < 4.78 is 98.7. The molecule has 238 valence electrons. The molecule has 0 heterocycles.